The largest absolute Gasteiger partial charge is 0.497 e. The van der Waals surface area contributed by atoms with Gasteiger partial charge in [0.1, 0.15) is 23.9 Å². The first-order valence-corrected chi connectivity index (χ1v) is 5.89. The van der Waals surface area contributed by atoms with Crippen molar-refractivity contribution in [2.24, 2.45) is 5.73 Å². The van der Waals surface area contributed by atoms with Crippen molar-refractivity contribution in [1.82, 2.24) is 0 Å². The van der Waals surface area contributed by atoms with Gasteiger partial charge in [-0.15, -0.1) is 0 Å². The highest BCUT2D eigenvalue weighted by molar-refractivity contribution is 5.95. The van der Waals surface area contributed by atoms with Gasteiger partial charge < -0.3 is 15.2 Å². The van der Waals surface area contributed by atoms with Gasteiger partial charge in [0.15, 0.2) is 0 Å². The molecule has 0 atom stereocenters. The summed E-state index contributed by atoms with van der Waals surface area (Å²) in [5, 5.41) is 7.47. The van der Waals surface area contributed by atoms with Gasteiger partial charge in [0.05, 0.1) is 7.11 Å². The highest BCUT2D eigenvalue weighted by atomic mass is 16.5. The number of methoxy groups -OCH3 is 1. The van der Waals surface area contributed by atoms with Crippen molar-refractivity contribution in [3.05, 3.63) is 59.7 Å². The van der Waals surface area contributed by atoms with E-state index in [1.807, 2.05) is 30.3 Å². The average Bonchev–Trinajstić information content (AvgIpc) is 2.45. The van der Waals surface area contributed by atoms with E-state index in [9.17, 15) is 0 Å². The van der Waals surface area contributed by atoms with Gasteiger partial charge in [-0.1, -0.05) is 30.3 Å². The van der Waals surface area contributed by atoms with Gasteiger partial charge in [-0.2, -0.15) is 0 Å². The van der Waals surface area contributed by atoms with Crippen LogP contribution in [0.3, 0.4) is 0 Å². The minimum atomic E-state index is -0.0107. The minimum Gasteiger partial charge on any atom is -0.497 e. The van der Waals surface area contributed by atoms with Crippen molar-refractivity contribution in [3.8, 4) is 11.5 Å². The molecule has 2 rings (SSSR count). The van der Waals surface area contributed by atoms with Gasteiger partial charge in [-0.25, -0.2) is 0 Å². The van der Waals surface area contributed by atoms with E-state index < -0.39 is 0 Å². The van der Waals surface area contributed by atoms with Crippen LogP contribution in [0, 0.1) is 5.41 Å². The number of benzene rings is 2. The molecule has 0 unspecified atom stereocenters. The molecule has 0 amide bonds. The van der Waals surface area contributed by atoms with Gasteiger partial charge in [0.2, 0.25) is 0 Å². The number of nitrogens with two attached hydrogens (primary N) is 1. The average molecular weight is 256 g/mol. The minimum absolute atomic E-state index is 0.0107. The Hall–Kier alpha value is -2.49. The summed E-state index contributed by atoms with van der Waals surface area (Å²) < 4.78 is 10.9. The molecule has 0 spiro atoms. The number of hydrogen-bond donors (Lipinski definition) is 2. The van der Waals surface area contributed by atoms with E-state index in [2.05, 4.69) is 0 Å². The summed E-state index contributed by atoms with van der Waals surface area (Å²) in [5.41, 5.74) is 7.15. The first kappa shape index (κ1) is 13.0. The topological polar surface area (TPSA) is 68.3 Å². The van der Waals surface area contributed by atoms with Crippen LogP contribution in [0.5, 0.6) is 11.5 Å². The third kappa shape index (κ3) is 3.48. The SMILES string of the molecule is COc1cc(OCc2ccccc2)cc(C(=N)N)c1. The predicted molar refractivity (Wildman–Crippen MR) is 74.8 cm³/mol. The number of hydrogen-bond acceptors (Lipinski definition) is 3. The predicted octanol–water partition coefficient (Wildman–Crippen LogP) is 2.56. The second-order valence-electron chi connectivity index (χ2n) is 4.09. The van der Waals surface area contributed by atoms with Gasteiger partial charge in [-0.3, -0.25) is 5.41 Å². The maximum absolute atomic E-state index is 7.47. The standard InChI is InChI=1S/C15H16N2O2/c1-18-13-7-12(15(16)17)8-14(9-13)19-10-11-5-3-2-4-6-11/h2-9H,10H2,1H3,(H3,16,17). The third-order valence-electron chi connectivity index (χ3n) is 2.68. The molecular weight excluding hydrogens is 240 g/mol. The van der Waals surface area contributed by atoms with E-state index in [4.69, 9.17) is 20.6 Å². The van der Waals surface area contributed by atoms with E-state index in [-0.39, 0.29) is 5.84 Å². The molecule has 0 bridgehead atoms. The zero-order valence-electron chi connectivity index (χ0n) is 10.7. The fourth-order valence-corrected chi connectivity index (χ4v) is 1.67. The number of rotatable bonds is 5. The van der Waals surface area contributed by atoms with Crippen molar-refractivity contribution in [3.63, 3.8) is 0 Å². The second kappa shape index (κ2) is 5.91. The lowest BCUT2D eigenvalue weighted by Crippen LogP contribution is -2.11. The third-order valence-corrected chi connectivity index (χ3v) is 2.68. The van der Waals surface area contributed by atoms with E-state index in [1.165, 1.54) is 0 Å². The van der Waals surface area contributed by atoms with Crippen LogP contribution in [0.15, 0.2) is 48.5 Å². The van der Waals surface area contributed by atoms with Gasteiger partial charge in [0.25, 0.3) is 0 Å². The monoisotopic (exact) mass is 256 g/mol. The summed E-state index contributed by atoms with van der Waals surface area (Å²) in [6.45, 7) is 0.464. The van der Waals surface area contributed by atoms with Crippen LogP contribution in [0.4, 0.5) is 0 Å². The number of nitrogen functional groups attached to an aromatic ring is 1. The van der Waals surface area contributed by atoms with Crippen molar-refractivity contribution in [2.75, 3.05) is 7.11 Å². The summed E-state index contributed by atoms with van der Waals surface area (Å²) in [6, 6.07) is 15.1. The lowest BCUT2D eigenvalue weighted by Gasteiger charge is -2.10. The van der Waals surface area contributed by atoms with Crippen molar-refractivity contribution in [1.29, 1.82) is 5.41 Å². The van der Waals surface area contributed by atoms with Crippen LogP contribution in [-0.2, 0) is 6.61 Å². The Morgan fingerprint density at radius 2 is 1.79 bits per heavy atom. The fraction of sp³-hybridized carbons (Fsp3) is 0.133. The maximum Gasteiger partial charge on any atom is 0.124 e. The molecular formula is C15H16N2O2. The van der Waals surface area contributed by atoms with Crippen molar-refractivity contribution < 1.29 is 9.47 Å². The van der Waals surface area contributed by atoms with Crippen LogP contribution in [0.1, 0.15) is 11.1 Å². The fourth-order valence-electron chi connectivity index (χ4n) is 1.67. The summed E-state index contributed by atoms with van der Waals surface area (Å²) in [4.78, 5) is 0. The van der Waals surface area contributed by atoms with E-state index in [1.54, 1.807) is 25.3 Å². The van der Waals surface area contributed by atoms with Gasteiger partial charge in [0, 0.05) is 11.6 Å². The molecule has 0 saturated carbocycles. The molecule has 0 fully saturated rings. The molecule has 0 heterocycles. The molecule has 2 aromatic carbocycles. The summed E-state index contributed by atoms with van der Waals surface area (Å²) in [7, 11) is 1.57. The first-order valence-electron chi connectivity index (χ1n) is 5.89. The summed E-state index contributed by atoms with van der Waals surface area (Å²) in [5.74, 6) is 1.24. The number of amidine groups is 1. The lowest BCUT2D eigenvalue weighted by atomic mass is 10.2. The maximum atomic E-state index is 7.47. The van der Waals surface area contributed by atoms with E-state index in [0.29, 0.717) is 23.7 Å². The summed E-state index contributed by atoms with van der Waals surface area (Å²) in [6.07, 6.45) is 0. The van der Waals surface area contributed by atoms with Crippen LogP contribution >= 0.6 is 0 Å². The lowest BCUT2D eigenvalue weighted by molar-refractivity contribution is 0.303. The number of nitrogens with one attached hydrogen (secondary N) is 1. The molecule has 4 heteroatoms. The van der Waals surface area contributed by atoms with Crippen LogP contribution < -0.4 is 15.2 Å². The second-order valence-corrected chi connectivity index (χ2v) is 4.09. The zero-order valence-corrected chi connectivity index (χ0v) is 10.7. The highest BCUT2D eigenvalue weighted by Gasteiger charge is 2.05. The Kier molecular flexibility index (Phi) is 4.03. The van der Waals surface area contributed by atoms with E-state index in [0.717, 1.165) is 5.56 Å². The van der Waals surface area contributed by atoms with Crippen LogP contribution in [-0.4, -0.2) is 12.9 Å². The van der Waals surface area contributed by atoms with Crippen LogP contribution in [0.25, 0.3) is 0 Å². The molecule has 3 N–H and O–H groups in total. The summed E-state index contributed by atoms with van der Waals surface area (Å²) >= 11 is 0. The van der Waals surface area contributed by atoms with Gasteiger partial charge >= 0.3 is 0 Å². The van der Waals surface area contributed by atoms with E-state index >= 15 is 0 Å². The smallest absolute Gasteiger partial charge is 0.124 e. The Morgan fingerprint density at radius 1 is 1.11 bits per heavy atom. The van der Waals surface area contributed by atoms with Crippen LogP contribution in [0.2, 0.25) is 0 Å². The normalized spacial score (nSPS) is 9.95. The van der Waals surface area contributed by atoms with Gasteiger partial charge in [-0.05, 0) is 17.7 Å². The molecule has 0 aliphatic rings. The molecule has 2 aromatic rings. The quantitative estimate of drug-likeness (QED) is 0.638. The molecule has 98 valence electrons. The Morgan fingerprint density at radius 3 is 2.42 bits per heavy atom. The zero-order chi connectivity index (χ0) is 13.7. The highest BCUT2D eigenvalue weighted by Crippen LogP contribution is 2.23. The molecule has 0 aromatic heterocycles. The Labute approximate surface area is 112 Å². The molecule has 4 nitrogen and oxygen atoms in total. The molecule has 0 radical (unpaired) electrons. The van der Waals surface area contributed by atoms with Crippen molar-refractivity contribution >= 4 is 5.84 Å². The molecule has 0 saturated heterocycles. The van der Waals surface area contributed by atoms with Crippen molar-refractivity contribution in [2.45, 2.75) is 6.61 Å². The first-order chi connectivity index (χ1) is 9.19. The Balaban J connectivity index is 2.15. The number of ether oxygens (including phenoxy) is 2. The molecule has 0 aliphatic carbocycles. The molecule has 0 aliphatic heterocycles. The molecule has 19 heavy (non-hydrogen) atoms. The Bertz CT molecular complexity index is 568.